The first kappa shape index (κ1) is 19.1. The molecule has 0 spiro atoms. The van der Waals surface area contributed by atoms with Crippen molar-refractivity contribution in [2.45, 2.75) is 42.6 Å². The molecule has 0 aliphatic heterocycles. The number of hydrogen-bond donors (Lipinski definition) is 2. The molecule has 0 unspecified atom stereocenters. The van der Waals surface area contributed by atoms with Crippen LogP contribution >= 0.6 is 0 Å². The third-order valence-electron chi connectivity index (χ3n) is 5.50. The summed E-state index contributed by atoms with van der Waals surface area (Å²) < 4.78 is 28.0. The predicted octanol–water partition coefficient (Wildman–Crippen LogP) is 3.88. The second-order valence-corrected chi connectivity index (χ2v) is 9.28. The van der Waals surface area contributed by atoms with Crippen LogP contribution in [0.25, 0.3) is 22.0 Å². The molecule has 1 aliphatic carbocycles. The first-order chi connectivity index (χ1) is 13.5. The monoisotopic (exact) mass is 396 g/mol. The molecule has 0 radical (unpaired) electrons. The predicted molar refractivity (Wildman–Crippen MR) is 110 cm³/mol. The average Bonchev–Trinajstić information content (AvgIpc) is 3.14. The zero-order valence-corrected chi connectivity index (χ0v) is 16.5. The van der Waals surface area contributed by atoms with Gasteiger partial charge in [-0.1, -0.05) is 37.1 Å². The number of nitrogens with zero attached hydrogens (tertiary/aromatic N) is 1. The molecule has 4 rings (SSSR count). The van der Waals surface area contributed by atoms with E-state index in [2.05, 4.69) is 9.71 Å². The van der Waals surface area contributed by atoms with Crippen molar-refractivity contribution >= 4 is 20.9 Å². The highest BCUT2D eigenvalue weighted by Gasteiger charge is 2.30. The van der Waals surface area contributed by atoms with Gasteiger partial charge in [0.2, 0.25) is 10.0 Å². The Hall–Kier alpha value is -2.28. The Bertz CT molecular complexity index is 1090. The molecule has 2 aromatic carbocycles. The normalized spacial score (nSPS) is 16.5. The fraction of sp³-hybridized carbons (Fsp3) is 0.318. The van der Waals surface area contributed by atoms with Crippen molar-refractivity contribution in [2.24, 2.45) is 0 Å². The number of aromatic nitrogens is 1. The van der Waals surface area contributed by atoms with Crippen molar-refractivity contribution in [1.82, 2.24) is 9.71 Å². The zero-order valence-electron chi connectivity index (χ0n) is 15.6. The second kappa shape index (κ2) is 7.62. The minimum atomic E-state index is -3.63. The van der Waals surface area contributed by atoms with Crippen LogP contribution < -0.4 is 4.72 Å². The number of fused-ring (bicyclic) bond motifs is 1. The summed E-state index contributed by atoms with van der Waals surface area (Å²) >= 11 is 0. The second-order valence-electron chi connectivity index (χ2n) is 7.52. The molecular weight excluding hydrogens is 372 g/mol. The van der Waals surface area contributed by atoms with Crippen LogP contribution in [0.1, 0.15) is 32.1 Å². The van der Waals surface area contributed by atoms with Gasteiger partial charge < -0.3 is 5.11 Å². The third-order valence-corrected chi connectivity index (χ3v) is 6.96. The summed E-state index contributed by atoms with van der Waals surface area (Å²) in [5.74, 6) is 0. The Balaban J connectivity index is 1.53. The summed E-state index contributed by atoms with van der Waals surface area (Å²) in [5.41, 5.74) is 1.96. The molecule has 0 saturated heterocycles. The smallest absolute Gasteiger partial charge is 0.240 e. The van der Waals surface area contributed by atoms with Crippen LogP contribution in [0.3, 0.4) is 0 Å². The van der Waals surface area contributed by atoms with Crippen molar-refractivity contribution in [3.8, 4) is 11.1 Å². The molecule has 28 heavy (non-hydrogen) atoms. The van der Waals surface area contributed by atoms with Crippen LogP contribution in [0.15, 0.2) is 65.7 Å². The molecule has 5 nitrogen and oxygen atoms in total. The lowest BCUT2D eigenvalue weighted by Crippen LogP contribution is -2.32. The Labute approximate surface area is 165 Å². The number of benzene rings is 2. The zero-order chi connectivity index (χ0) is 19.6. The fourth-order valence-electron chi connectivity index (χ4n) is 3.88. The maximum absolute atomic E-state index is 12.7. The highest BCUT2D eigenvalue weighted by Crippen LogP contribution is 2.32. The molecule has 0 bridgehead atoms. The van der Waals surface area contributed by atoms with Gasteiger partial charge in [0.25, 0.3) is 0 Å². The van der Waals surface area contributed by atoms with Crippen molar-refractivity contribution in [1.29, 1.82) is 0 Å². The SMILES string of the molecule is O=S(=O)(NCCC1(O)CCCC1)c1cccc(-c2ccc3ncccc3c2)c1. The molecule has 146 valence electrons. The van der Waals surface area contributed by atoms with Gasteiger partial charge in [-0.3, -0.25) is 4.98 Å². The van der Waals surface area contributed by atoms with Crippen LogP contribution in [0, 0.1) is 0 Å². The third kappa shape index (κ3) is 4.09. The summed E-state index contributed by atoms with van der Waals surface area (Å²) in [6.07, 6.45) is 5.72. The fourth-order valence-corrected chi connectivity index (χ4v) is 4.96. The summed E-state index contributed by atoms with van der Waals surface area (Å²) in [6.45, 7) is 0.241. The van der Waals surface area contributed by atoms with Gasteiger partial charge in [0, 0.05) is 18.1 Å². The molecule has 3 aromatic rings. The van der Waals surface area contributed by atoms with Crippen LogP contribution in [0.4, 0.5) is 0 Å². The van der Waals surface area contributed by atoms with E-state index in [1.165, 1.54) is 0 Å². The molecule has 1 heterocycles. The molecule has 0 atom stereocenters. The molecule has 2 N–H and O–H groups in total. The minimum Gasteiger partial charge on any atom is -0.390 e. The van der Waals surface area contributed by atoms with Gasteiger partial charge in [0.15, 0.2) is 0 Å². The number of pyridine rings is 1. The van der Waals surface area contributed by atoms with Gasteiger partial charge in [-0.15, -0.1) is 0 Å². The minimum absolute atomic E-state index is 0.231. The van der Waals surface area contributed by atoms with Gasteiger partial charge >= 0.3 is 0 Å². The number of rotatable bonds is 6. The average molecular weight is 397 g/mol. The molecule has 1 saturated carbocycles. The summed E-state index contributed by atoms with van der Waals surface area (Å²) in [4.78, 5) is 4.55. The molecular formula is C22H24N2O3S. The van der Waals surface area contributed by atoms with Gasteiger partial charge in [-0.05, 0) is 60.7 Å². The van der Waals surface area contributed by atoms with E-state index in [1.54, 1.807) is 24.4 Å². The van der Waals surface area contributed by atoms with E-state index >= 15 is 0 Å². The van der Waals surface area contributed by atoms with Crippen LogP contribution in [-0.4, -0.2) is 30.7 Å². The molecule has 1 aromatic heterocycles. The number of hydrogen-bond acceptors (Lipinski definition) is 4. The quantitative estimate of drug-likeness (QED) is 0.663. The maximum Gasteiger partial charge on any atom is 0.240 e. The lowest BCUT2D eigenvalue weighted by atomic mass is 9.98. The summed E-state index contributed by atoms with van der Waals surface area (Å²) in [6, 6.07) is 16.7. The van der Waals surface area contributed by atoms with E-state index in [9.17, 15) is 13.5 Å². The van der Waals surface area contributed by atoms with Crippen LogP contribution in [0.5, 0.6) is 0 Å². The lowest BCUT2D eigenvalue weighted by Gasteiger charge is -2.21. The lowest BCUT2D eigenvalue weighted by molar-refractivity contribution is 0.0405. The van der Waals surface area contributed by atoms with Crippen LogP contribution in [-0.2, 0) is 10.0 Å². The van der Waals surface area contributed by atoms with Gasteiger partial charge in [0.1, 0.15) is 0 Å². The Kier molecular flexibility index (Phi) is 5.19. The first-order valence-corrected chi connectivity index (χ1v) is 11.1. The Morgan fingerprint density at radius 2 is 1.79 bits per heavy atom. The van der Waals surface area contributed by atoms with Gasteiger partial charge in [-0.25, -0.2) is 13.1 Å². The van der Waals surface area contributed by atoms with Crippen molar-refractivity contribution in [3.63, 3.8) is 0 Å². The van der Waals surface area contributed by atoms with Gasteiger partial charge in [-0.2, -0.15) is 0 Å². The van der Waals surface area contributed by atoms with Crippen LogP contribution in [0.2, 0.25) is 0 Å². The number of sulfonamides is 1. The summed E-state index contributed by atoms with van der Waals surface area (Å²) in [5, 5.41) is 11.4. The van der Waals surface area contributed by atoms with Crippen molar-refractivity contribution in [2.75, 3.05) is 6.54 Å². The summed E-state index contributed by atoms with van der Waals surface area (Å²) in [7, 11) is -3.63. The maximum atomic E-state index is 12.7. The van der Waals surface area contributed by atoms with Crippen molar-refractivity contribution in [3.05, 3.63) is 60.8 Å². The molecule has 6 heteroatoms. The Morgan fingerprint density at radius 3 is 2.61 bits per heavy atom. The van der Waals surface area contributed by atoms with Crippen molar-refractivity contribution < 1.29 is 13.5 Å². The van der Waals surface area contributed by atoms with E-state index in [4.69, 9.17) is 0 Å². The largest absolute Gasteiger partial charge is 0.390 e. The van der Waals surface area contributed by atoms with E-state index < -0.39 is 15.6 Å². The van der Waals surface area contributed by atoms with E-state index in [0.717, 1.165) is 47.7 Å². The highest BCUT2D eigenvalue weighted by atomic mass is 32.2. The number of nitrogens with one attached hydrogen (secondary N) is 1. The standard InChI is InChI=1S/C22H24N2O3S/c25-22(10-1-2-11-22)12-14-24-28(26,27)20-7-3-5-17(16-20)18-8-9-21-19(15-18)6-4-13-23-21/h3-9,13,15-16,24-25H,1-2,10-12,14H2. The Morgan fingerprint density at radius 1 is 1.00 bits per heavy atom. The van der Waals surface area contributed by atoms with E-state index in [-0.39, 0.29) is 11.4 Å². The molecule has 1 aliphatic rings. The van der Waals surface area contributed by atoms with E-state index in [1.807, 2.05) is 36.4 Å². The highest BCUT2D eigenvalue weighted by molar-refractivity contribution is 7.89. The first-order valence-electron chi connectivity index (χ1n) is 9.63. The van der Waals surface area contributed by atoms with Gasteiger partial charge in [0.05, 0.1) is 16.0 Å². The number of aliphatic hydroxyl groups is 1. The molecule has 0 amide bonds. The molecule has 1 fully saturated rings. The van der Waals surface area contributed by atoms with E-state index in [0.29, 0.717) is 6.42 Å². The topological polar surface area (TPSA) is 79.3 Å².